The third-order valence-corrected chi connectivity index (χ3v) is 2.50. The van der Waals surface area contributed by atoms with E-state index in [9.17, 15) is 4.79 Å². The molecule has 8 heteroatoms. The van der Waals surface area contributed by atoms with E-state index in [2.05, 4.69) is 25.9 Å². The molecule has 0 aliphatic rings. The first kappa shape index (κ1) is 12.2. The molecule has 2 aromatic heterocycles. The number of aromatic nitrogens is 5. The fourth-order valence-corrected chi connectivity index (χ4v) is 1.54. The molecule has 0 aliphatic carbocycles. The Labute approximate surface area is 103 Å². The van der Waals surface area contributed by atoms with E-state index in [4.69, 9.17) is 5.11 Å². The maximum Gasteiger partial charge on any atom is 0.303 e. The molecule has 2 rings (SSSR count). The van der Waals surface area contributed by atoms with Crippen molar-refractivity contribution in [1.82, 2.24) is 25.3 Å². The summed E-state index contributed by atoms with van der Waals surface area (Å²) in [5, 5.41) is 27.0. The van der Waals surface area contributed by atoms with Crippen LogP contribution in [-0.4, -0.2) is 41.9 Å². The van der Waals surface area contributed by atoms with E-state index >= 15 is 0 Å². The lowest BCUT2D eigenvalue weighted by atomic mass is 9.98. The van der Waals surface area contributed by atoms with Crippen molar-refractivity contribution in [3.05, 3.63) is 12.1 Å². The molecule has 0 radical (unpaired) electrons. The molecule has 0 unspecified atom stereocenters. The van der Waals surface area contributed by atoms with Crippen molar-refractivity contribution >= 4 is 17.4 Å². The molecule has 0 atom stereocenters. The van der Waals surface area contributed by atoms with Crippen molar-refractivity contribution in [2.24, 2.45) is 0 Å². The standard InChI is InChI=1S/C10H14N6O2/c1-10(2,6-5-9(17)18)11-7-3-4-8-12-14-15-16(8)13-7/h3-4H,5-6H2,1-2H3,(H,11,13)(H,17,18). The Bertz CT molecular complexity index is 564. The molecule has 2 aromatic rings. The summed E-state index contributed by atoms with van der Waals surface area (Å²) in [4.78, 5) is 10.6. The van der Waals surface area contributed by atoms with Gasteiger partial charge in [-0.25, -0.2) is 0 Å². The van der Waals surface area contributed by atoms with Gasteiger partial charge < -0.3 is 10.4 Å². The van der Waals surface area contributed by atoms with Crippen molar-refractivity contribution in [3.63, 3.8) is 0 Å². The highest BCUT2D eigenvalue weighted by atomic mass is 16.4. The number of nitrogens with zero attached hydrogens (tertiary/aromatic N) is 5. The zero-order valence-corrected chi connectivity index (χ0v) is 10.2. The number of nitrogens with one attached hydrogen (secondary N) is 1. The molecule has 0 bridgehead atoms. The van der Waals surface area contributed by atoms with Gasteiger partial charge in [0.15, 0.2) is 5.65 Å². The van der Waals surface area contributed by atoms with Crippen LogP contribution in [0, 0.1) is 0 Å². The molecule has 0 saturated carbocycles. The van der Waals surface area contributed by atoms with Crippen LogP contribution in [0.5, 0.6) is 0 Å². The van der Waals surface area contributed by atoms with Crippen LogP contribution >= 0.6 is 0 Å². The number of carboxylic acids is 1. The summed E-state index contributed by atoms with van der Waals surface area (Å²) >= 11 is 0. The van der Waals surface area contributed by atoms with Gasteiger partial charge in [0.1, 0.15) is 5.82 Å². The summed E-state index contributed by atoms with van der Waals surface area (Å²) in [5.41, 5.74) is 0.191. The van der Waals surface area contributed by atoms with Gasteiger partial charge in [0.2, 0.25) is 0 Å². The number of tetrazole rings is 1. The fourth-order valence-electron chi connectivity index (χ4n) is 1.54. The number of carboxylic acid groups (broad SMARTS) is 1. The highest BCUT2D eigenvalue weighted by molar-refractivity contribution is 5.66. The van der Waals surface area contributed by atoms with E-state index in [1.54, 1.807) is 12.1 Å². The van der Waals surface area contributed by atoms with Gasteiger partial charge >= 0.3 is 5.97 Å². The summed E-state index contributed by atoms with van der Waals surface area (Å²) in [6.07, 6.45) is 0.602. The summed E-state index contributed by atoms with van der Waals surface area (Å²) in [6.45, 7) is 3.84. The van der Waals surface area contributed by atoms with E-state index in [1.165, 1.54) is 4.63 Å². The average molecular weight is 250 g/mol. The topological polar surface area (TPSA) is 105 Å². The molecule has 2 heterocycles. The second kappa shape index (κ2) is 4.55. The summed E-state index contributed by atoms with van der Waals surface area (Å²) in [5.74, 6) is -0.209. The number of rotatable bonds is 5. The average Bonchev–Trinajstić information content (AvgIpc) is 2.73. The molecule has 0 fully saturated rings. The third kappa shape index (κ3) is 2.90. The Morgan fingerprint density at radius 1 is 1.50 bits per heavy atom. The van der Waals surface area contributed by atoms with Crippen LogP contribution in [0.25, 0.3) is 5.65 Å². The smallest absolute Gasteiger partial charge is 0.303 e. The molecular weight excluding hydrogens is 236 g/mol. The first-order valence-corrected chi connectivity index (χ1v) is 5.52. The van der Waals surface area contributed by atoms with Gasteiger partial charge in [-0.05, 0) is 42.8 Å². The second-order valence-electron chi connectivity index (χ2n) is 4.65. The Hall–Kier alpha value is -2.25. The molecule has 0 aliphatic heterocycles. The summed E-state index contributed by atoms with van der Waals surface area (Å²) in [6, 6.07) is 3.50. The van der Waals surface area contributed by atoms with Crippen LogP contribution in [0.15, 0.2) is 12.1 Å². The van der Waals surface area contributed by atoms with Gasteiger partial charge in [-0.15, -0.1) is 14.8 Å². The van der Waals surface area contributed by atoms with Gasteiger partial charge in [-0.2, -0.15) is 0 Å². The molecular formula is C10H14N6O2. The Balaban J connectivity index is 2.09. The monoisotopic (exact) mass is 250 g/mol. The highest BCUT2D eigenvalue weighted by Gasteiger charge is 2.19. The molecule has 8 nitrogen and oxygen atoms in total. The Kier molecular flexibility index (Phi) is 3.09. The van der Waals surface area contributed by atoms with Crippen LogP contribution in [0.3, 0.4) is 0 Å². The first-order chi connectivity index (χ1) is 8.46. The molecule has 18 heavy (non-hydrogen) atoms. The minimum Gasteiger partial charge on any atom is -0.481 e. The van der Waals surface area contributed by atoms with Gasteiger partial charge in [0, 0.05) is 12.0 Å². The third-order valence-electron chi connectivity index (χ3n) is 2.50. The lowest BCUT2D eigenvalue weighted by Crippen LogP contribution is -2.32. The van der Waals surface area contributed by atoms with E-state index in [0.717, 1.165) is 0 Å². The number of hydrogen-bond donors (Lipinski definition) is 2. The normalized spacial score (nSPS) is 11.7. The van der Waals surface area contributed by atoms with E-state index in [-0.39, 0.29) is 12.0 Å². The van der Waals surface area contributed by atoms with Crippen molar-refractivity contribution in [3.8, 4) is 0 Å². The molecule has 0 spiro atoms. The van der Waals surface area contributed by atoms with Crippen LogP contribution in [-0.2, 0) is 4.79 Å². The number of fused-ring (bicyclic) bond motifs is 1. The predicted octanol–water partition coefficient (Wildman–Crippen LogP) is 0.575. The molecule has 96 valence electrons. The zero-order chi connectivity index (χ0) is 13.2. The van der Waals surface area contributed by atoms with Crippen molar-refractivity contribution < 1.29 is 9.90 Å². The van der Waals surface area contributed by atoms with Crippen LogP contribution in [0.2, 0.25) is 0 Å². The largest absolute Gasteiger partial charge is 0.481 e. The second-order valence-corrected chi connectivity index (χ2v) is 4.65. The highest BCUT2D eigenvalue weighted by Crippen LogP contribution is 2.17. The molecule has 0 saturated heterocycles. The fraction of sp³-hybridized carbons (Fsp3) is 0.500. The van der Waals surface area contributed by atoms with Gasteiger partial charge in [0.05, 0.1) is 0 Å². The van der Waals surface area contributed by atoms with Gasteiger partial charge in [-0.1, -0.05) is 0 Å². The van der Waals surface area contributed by atoms with Gasteiger partial charge in [0.25, 0.3) is 0 Å². The van der Waals surface area contributed by atoms with Crippen LogP contribution in [0.4, 0.5) is 5.82 Å². The minimum absolute atomic E-state index is 0.104. The number of anilines is 1. The molecule has 0 amide bonds. The summed E-state index contributed by atoms with van der Waals surface area (Å²) < 4.78 is 1.32. The van der Waals surface area contributed by atoms with Crippen LogP contribution < -0.4 is 5.32 Å². The first-order valence-electron chi connectivity index (χ1n) is 5.52. The Morgan fingerprint density at radius 3 is 3.00 bits per heavy atom. The maximum absolute atomic E-state index is 10.6. The molecule has 2 N–H and O–H groups in total. The maximum atomic E-state index is 10.6. The summed E-state index contributed by atoms with van der Waals surface area (Å²) in [7, 11) is 0. The zero-order valence-electron chi connectivity index (χ0n) is 10.2. The van der Waals surface area contributed by atoms with E-state index in [0.29, 0.717) is 17.9 Å². The SMILES string of the molecule is CC(C)(CCC(=O)O)Nc1ccc2nnnn2n1. The molecule has 0 aromatic carbocycles. The number of aliphatic carboxylic acids is 1. The van der Waals surface area contributed by atoms with E-state index in [1.807, 2.05) is 13.8 Å². The number of carbonyl (C=O) groups is 1. The lowest BCUT2D eigenvalue weighted by Gasteiger charge is -2.25. The minimum atomic E-state index is -0.811. The van der Waals surface area contributed by atoms with Crippen molar-refractivity contribution in [2.75, 3.05) is 5.32 Å². The lowest BCUT2D eigenvalue weighted by molar-refractivity contribution is -0.137. The van der Waals surface area contributed by atoms with Crippen molar-refractivity contribution in [1.29, 1.82) is 0 Å². The predicted molar refractivity (Wildman–Crippen MR) is 63.1 cm³/mol. The Morgan fingerprint density at radius 2 is 2.28 bits per heavy atom. The van der Waals surface area contributed by atoms with Crippen molar-refractivity contribution in [2.45, 2.75) is 32.2 Å². The van der Waals surface area contributed by atoms with Crippen LogP contribution in [0.1, 0.15) is 26.7 Å². The van der Waals surface area contributed by atoms with Gasteiger partial charge in [-0.3, -0.25) is 4.79 Å². The quantitative estimate of drug-likeness (QED) is 0.799. The van der Waals surface area contributed by atoms with E-state index < -0.39 is 5.97 Å². The number of hydrogen-bond acceptors (Lipinski definition) is 6.